The number of nitrogens with two attached hydrogens (primary N) is 1. The third kappa shape index (κ3) is 4.06. The lowest BCUT2D eigenvalue weighted by Crippen LogP contribution is -2.39. The van der Waals surface area contributed by atoms with Crippen molar-refractivity contribution in [2.75, 3.05) is 13.1 Å². The number of rotatable bonds is 4. The molecule has 4 heteroatoms. The molecule has 0 amide bonds. The molecule has 0 spiro atoms. The van der Waals surface area contributed by atoms with E-state index in [1.54, 1.807) is 12.1 Å². The zero-order chi connectivity index (χ0) is 15.4. The number of ether oxygens (including phenoxy) is 1. The SMILES string of the molecule is NC1CCN(Cc2ccc(Oc3cccc(F)c3)cc2)CC1. The van der Waals surface area contributed by atoms with E-state index in [4.69, 9.17) is 10.5 Å². The summed E-state index contributed by atoms with van der Waals surface area (Å²) >= 11 is 0. The molecule has 2 aromatic carbocycles. The van der Waals surface area contributed by atoms with Crippen molar-refractivity contribution in [3.63, 3.8) is 0 Å². The highest BCUT2D eigenvalue weighted by atomic mass is 19.1. The first-order chi connectivity index (χ1) is 10.7. The Morgan fingerprint density at radius 3 is 2.45 bits per heavy atom. The van der Waals surface area contributed by atoms with E-state index >= 15 is 0 Å². The van der Waals surface area contributed by atoms with Crippen molar-refractivity contribution in [3.8, 4) is 11.5 Å². The summed E-state index contributed by atoms with van der Waals surface area (Å²) in [6.07, 6.45) is 2.14. The molecule has 1 saturated heterocycles. The third-order valence-corrected chi connectivity index (χ3v) is 3.99. The van der Waals surface area contributed by atoms with E-state index in [0.29, 0.717) is 11.8 Å². The van der Waals surface area contributed by atoms with Crippen LogP contribution in [-0.4, -0.2) is 24.0 Å². The maximum Gasteiger partial charge on any atom is 0.130 e. The zero-order valence-electron chi connectivity index (χ0n) is 12.5. The highest BCUT2D eigenvalue weighted by Crippen LogP contribution is 2.23. The Morgan fingerprint density at radius 1 is 1.05 bits per heavy atom. The van der Waals surface area contributed by atoms with Crippen molar-refractivity contribution >= 4 is 0 Å². The van der Waals surface area contributed by atoms with Crippen LogP contribution in [0.15, 0.2) is 48.5 Å². The summed E-state index contributed by atoms with van der Waals surface area (Å²) in [4.78, 5) is 2.42. The molecule has 0 saturated carbocycles. The second-order valence-corrected chi connectivity index (χ2v) is 5.82. The summed E-state index contributed by atoms with van der Waals surface area (Å²) in [6.45, 7) is 3.05. The van der Waals surface area contributed by atoms with Gasteiger partial charge in [-0.1, -0.05) is 18.2 Å². The fourth-order valence-electron chi connectivity index (χ4n) is 2.70. The Labute approximate surface area is 130 Å². The van der Waals surface area contributed by atoms with Gasteiger partial charge < -0.3 is 10.5 Å². The van der Waals surface area contributed by atoms with Crippen molar-refractivity contribution in [2.24, 2.45) is 5.73 Å². The van der Waals surface area contributed by atoms with Gasteiger partial charge in [-0.3, -0.25) is 4.90 Å². The summed E-state index contributed by atoms with van der Waals surface area (Å²) in [5.41, 5.74) is 7.18. The Kier molecular flexibility index (Phi) is 4.71. The number of halogens is 1. The molecule has 22 heavy (non-hydrogen) atoms. The minimum absolute atomic E-state index is 0.294. The maximum absolute atomic E-state index is 13.1. The van der Waals surface area contributed by atoms with Gasteiger partial charge in [0.1, 0.15) is 17.3 Å². The Hall–Kier alpha value is -1.91. The molecule has 1 aliphatic heterocycles. The fraction of sp³-hybridized carbons (Fsp3) is 0.333. The van der Waals surface area contributed by atoms with Gasteiger partial charge in [-0.25, -0.2) is 4.39 Å². The van der Waals surface area contributed by atoms with Gasteiger partial charge in [-0.2, -0.15) is 0 Å². The normalized spacial score (nSPS) is 16.6. The van der Waals surface area contributed by atoms with Crippen LogP contribution < -0.4 is 10.5 Å². The van der Waals surface area contributed by atoms with Crippen LogP contribution in [-0.2, 0) is 6.54 Å². The molecule has 1 aliphatic rings. The first-order valence-electron chi connectivity index (χ1n) is 7.69. The summed E-state index contributed by atoms with van der Waals surface area (Å²) in [5.74, 6) is 0.935. The average Bonchev–Trinajstić information content (AvgIpc) is 2.52. The van der Waals surface area contributed by atoms with E-state index in [1.807, 2.05) is 12.1 Å². The smallest absolute Gasteiger partial charge is 0.130 e. The highest BCUT2D eigenvalue weighted by molar-refractivity contribution is 5.33. The van der Waals surface area contributed by atoms with Crippen molar-refractivity contribution in [1.29, 1.82) is 0 Å². The fourth-order valence-corrected chi connectivity index (χ4v) is 2.70. The second-order valence-electron chi connectivity index (χ2n) is 5.82. The molecule has 2 aromatic rings. The number of piperidine rings is 1. The van der Waals surface area contributed by atoms with E-state index < -0.39 is 0 Å². The van der Waals surface area contributed by atoms with Crippen LogP contribution in [0, 0.1) is 5.82 Å². The van der Waals surface area contributed by atoms with Crippen LogP contribution in [0.5, 0.6) is 11.5 Å². The largest absolute Gasteiger partial charge is 0.457 e. The van der Waals surface area contributed by atoms with Gasteiger partial charge in [0.25, 0.3) is 0 Å². The Balaban J connectivity index is 1.58. The molecule has 0 unspecified atom stereocenters. The van der Waals surface area contributed by atoms with E-state index in [-0.39, 0.29) is 5.82 Å². The van der Waals surface area contributed by atoms with Gasteiger partial charge in [0, 0.05) is 18.7 Å². The quantitative estimate of drug-likeness (QED) is 0.938. The molecule has 0 atom stereocenters. The monoisotopic (exact) mass is 300 g/mol. The molecular weight excluding hydrogens is 279 g/mol. The molecule has 3 rings (SSSR count). The predicted octanol–water partition coefficient (Wildman–Crippen LogP) is 3.54. The standard InChI is InChI=1S/C18H21FN2O/c19-15-2-1-3-18(12-15)22-17-6-4-14(5-7-17)13-21-10-8-16(20)9-11-21/h1-7,12,16H,8-11,13,20H2. The summed E-state index contributed by atoms with van der Waals surface area (Å²) in [6, 6.07) is 14.5. The molecule has 2 N–H and O–H groups in total. The first kappa shape index (κ1) is 15.0. The topological polar surface area (TPSA) is 38.5 Å². The van der Waals surface area contributed by atoms with Crippen LogP contribution in [0.4, 0.5) is 4.39 Å². The van der Waals surface area contributed by atoms with Crippen LogP contribution in [0.25, 0.3) is 0 Å². The lowest BCUT2D eigenvalue weighted by molar-refractivity contribution is 0.205. The summed E-state index contributed by atoms with van der Waals surface area (Å²) in [5, 5.41) is 0. The minimum Gasteiger partial charge on any atom is -0.457 e. The van der Waals surface area contributed by atoms with Gasteiger partial charge >= 0.3 is 0 Å². The molecular formula is C18H21FN2O. The van der Waals surface area contributed by atoms with Crippen molar-refractivity contribution in [3.05, 3.63) is 59.9 Å². The first-order valence-corrected chi connectivity index (χ1v) is 7.69. The maximum atomic E-state index is 13.1. The van der Waals surface area contributed by atoms with Crippen LogP contribution in [0.1, 0.15) is 18.4 Å². The third-order valence-electron chi connectivity index (χ3n) is 3.99. The summed E-state index contributed by atoms with van der Waals surface area (Å²) in [7, 11) is 0. The second kappa shape index (κ2) is 6.90. The van der Waals surface area contributed by atoms with Crippen LogP contribution in [0.2, 0.25) is 0 Å². The van der Waals surface area contributed by atoms with E-state index in [2.05, 4.69) is 17.0 Å². The van der Waals surface area contributed by atoms with Gasteiger partial charge in [-0.05, 0) is 55.8 Å². The molecule has 0 bridgehead atoms. The van der Waals surface area contributed by atoms with Gasteiger partial charge in [-0.15, -0.1) is 0 Å². The van der Waals surface area contributed by atoms with Crippen molar-refractivity contribution in [2.45, 2.75) is 25.4 Å². The van der Waals surface area contributed by atoms with Gasteiger partial charge in [0.05, 0.1) is 0 Å². The molecule has 0 radical (unpaired) electrons. The number of hydrogen-bond donors (Lipinski definition) is 1. The van der Waals surface area contributed by atoms with Crippen LogP contribution >= 0.6 is 0 Å². The molecule has 3 nitrogen and oxygen atoms in total. The Bertz CT molecular complexity index is 607. The molecule has 0 aromatic heterocycles. The molecule has 0 aliphatic carbocycles. The Morgan fingerprint density at radius 2 is 1.77 bits per heavy atom. The van der Waals surface area contributed by atoms with E-state index in [9.17, 15) is 4.39 Å². The van der Waals surface area contributed by atoms with E-state index in [0.717, 1.165) is 38.2 Å². The lowest BCUT2D eigenvalue weighted by atomic mass is 10.1. The summed E-state index contributed by atoms with van der Waals surface area (Å²) < 4.78 is 18.8. The molecule has 1 heterocycles. The predicted molar refractivity (Wildman–Crippen MR) is 85.4 cm³/mol. The van der Waals surface area contributed by atoms with Crippen molar-refractivity contribution < 1.29 is 9.13 Å². The van der Waals surface area contributed by atoms with Gasteiger partial charge in [0.15, 0.2) is 0 Å². The van der Waals surface area contributed by atoms with Crippen molar-refractivity contribution in [1.82, 2.24) is 4.90 Å². The number of benzene rings is 2. The minimum atomic E-state index is -0.294. The van der Waals surface area contributed by atoms with Gasteiger partial charge in [0.2, 0.25) is 0 Å². The average molecular weight is 300 g/mol. The number of likely N-dealkylation sites (tertiary alicyclic amines) is 1. The zero-order valence-corrected chi connectivity index (χ0v) is 12.5. The molecule has 1 fully saturated rings. The van der Waals surface area contributed by atoms with E-state index in [1.165, 1.54) is 17.7 Å². The molecule has 116 valence electrons. The lowest BCUT2D eigenvalue weighted by Gasteiger charge is -2.30. The number of hydrogen-bond acceptors (Lipinski definition) is 3. The highest BCUT2D eigenvalue weighted by Gasteiger charge is 2.15. The van der Waals surface area contributed by atoms with Crippen LogP contribution in [0.3, 0.4) is 0 Å². The number of nitrogens with zero attached hydrogens (tertiary/aromatic N) is 1.